The lowest BCUT2D eigenvalue weighted by Crippen LogP contribution is -2.19. The molecular formula is C23H22Cl2N2O5. The molecule has 3 heterocycles. The van der Waals surface area contributed by atoms with Crippen molar-refractivity contribution < 1.29 is 23.7 Å². The molecule has 2 aromatic carbocycles. The molecule has 0 radical (unpaired) electrons. The van der Waals surface area contributed by atoms with Gasteiger partial charge in [-0.2, -0.15) is 0 Å². The molecule has 7 nitrogen and oxygen atoms in total. The first-order valence-corrected chi connectivity index (χ1v) is 11.0. The van der Waals surface area contributed by atoms with Crippen LogP contribution in [0.5, 0.6) is 11.5 Å². The number of rotatable bonds is 5. The second kappa shape index (κ2) is 8.92. The van der Waals surface area contributed by atoms with Gasteiger partial charge < -0.3 is 23.7 Å². The third-order valence-electron chi connectivity index (χ3n) is 5.64. The van der Waals surface area contributed by atoms with Crippen molar-refractivity contribution in [1.82, 2.24) is 9.55 Å². The Morgan fingerprint density at radius 2 is 1.88 bits per heavy atom. The molecule has 9 heteroatoms. The van der Waals surface area contributed by atoms with Gasteiger partial charge in [-0.25, -0.2) is 4.98 Å². The van der Waals surface area contributed by atoms with Crippen molar-refractivity contribution in [2.75, 3.05) is 27.4 Å². The molecule has 1 aromatic heterocycles. The van der Waals surface area contributed by atoms with Crippen molar-refractivity contribution in [3.05, 3.63) is 69.7 Å². The quantitative estimate of drug-likeness (QED) is 0.509. The number of imidazole rings is 1. The summed E-state index contributed by atoms with van der Waals surface area (Å²) in [5, 5.41) is 0.966. The van der Waals surface area contributed by atoms with E-state index in [1.165, 1.54) is 0 Å². The van der Waals surface area contributed by atoms with E-state index in [0.717, 1.165) is 16.8 Å². The van der Waals surface area contributed by atoms with Gasteiger partial charge >= 0.3 is 0 Å². The predicted octanol–water partition coefficient (Wildman–Crippen LogP) is 5.12. The lowest BCUT2D eigenvalue weighted by molar-refractivity contribution is -0.0969. The van der Waals surface area contributed by atoms with Crippen LogP contribution in [0.1, 0.15) is 35.6 Å². The standard InChI is InChI=1S/C23H22Cl2N2O5/c1-28-17-5-3-4-14(22(17)29-2)21-15-10-13(24)6-7-16(15)27-12-19(25)26-23(27)18(32-21)11-20-30-8-9-31-20/h3-7,10,12,18,20-21H,8-9,11H2,1-2H3/t18-,21-/m1/s1. The minimum absolute atomic E-state index is 0.375. The SMILES string of the molecule is COc1cccc([C@H]2O[C@H](CC3OCCO3)c3nc(Cl)cn3-c3ccc(Cl)cc32)c1OC. The molecule has 2 aliphatic heterocycles. The van der Waals surface area contributed by atoms with E-state index in [0.29, 0.717) is 47.1 Å². The zero-order valence-corrected chi connectivity index (χ0v) is 19.1. The summed E-state index contributed by atoms with van der Waals surface area (Å²) < 4.78 is 31.3. The van der Waals surface area contributed by atoms with E-state index >= 15 is 0 Å². The number of benzene rings is 2. The van der Waals surface area contributed by atoms with Gasteiger partial charge in [0.05, 0.1) is 33.1 Å². The fourth-order valence-corrected chi connectivity index (χ4v) is 4.64. The summed E-state index contributed by atoms with van der Waals surface area (Å²) in [5.74, 6) is 1.87. The molecule has 3 aromatic rings. The lowest BCUT2D eigenvalue weighted by Gasteiger charge is -2.26. The van der Waals surface area contributed by atoms with Gasteiger partial charge in [0.2, 0.25) is 0 Å². The first-order valence-electron chi connectivity index (χ1n) is 10.2. The molecule has 2 aliphatic rings. The number of fused-ring (bicyclic) bond motifs is 3. The first-order chi connectivity index (χ1) is 15.6. The zero-order chi connectivity index (χ0) is 22.2. The summed E-state index contributed by atoms with van der Waals surface area (Å²) in [7, 11) is 3.22. The number of nitrogens with zero attached hydrogens (tertiary/aromatic N) is 2. The molecule has 2 atom stereocenters. The Labute approximate surface area is 195 Å². The summed E-state index contributed by atoms with van der Waals surface area (Å²) in [5.41, 5.74) is 2.54. The van der Waals surface area contributed by atoms with Crippen LogP contribution in [0.25, 0.3) is 5.69 Å². The largest absolute Gasteiger partial charge is 0.493 e. The molecule has 0 bridgehead atoms. The topological polar surface area (TPSA) is 64.0 Å². The highest BCUT2D eigenvalue weighted by Crippen LogP contribution is 2.46. The van der Waals surface area contributed by atoms with E-state index in [9.17, 15) is 0 Å². The monoisotopic (exact) mass is 476 g/mol. The number of halogens is 2. The second-order valence-electron chi connectivity index (χ2n) is 7.49. The molecule has 0 aliphatic carbocycles. The van der Waals surface area contributed by atoms with Gasteiger partial charge in [-0.15, -0.1) is 0 Å². The van der Waals surface area contributed by atoms with Crippen molar-refractivity contribution >= 4 is 23.2 Å². The number of methoxy groups -OCH3 is 2. The Bertz CT molecular complexity index is 1130. The molecule has 0 unspecified atom stereocenters. The third-order valence-corrected chi connectivity index (χ3v) is 6.05. The average molecular weight is 477 g/mol. The molecule has 0 saturated carbocycles. The van der Waals surface area contributed by atoms with Crippen molar-refractivity contribution in [1.29, 1.82) is 0 Å². The first kappa shape index (κ1) is 21.6. The zero-order valence-electron chi connectivity index (χ0n) is 17.6. The normalized spacial score (nSPS) is 20.5. The number of hydrogen-bond acceptors (Lipinski definition) is 6. The van der Waals surface area contributed by atoms with Crippen LogP contribution in [0.4, 0.5) is 0 Å². The molecule has 1 saturated heterocycles. The maximum Gasteiger partial charge on any atom is 0.166 e. The van der Waals surface area contributed by atoms with E-state index in [-0.39, 0.29) is 6.29 Å². The summed E-state index contributed by atoms with van der Waals surface area (Å²) >= 11 is 12.7. The molecule has 5 rings (SSSR count). The van der Waals surface area contributed by atoms with Crippen LogP contribution in [-0.2, 0) is 14.2 Å². The fourth-order valence-electron chi connectivity index (χ4n) is 4.28. The van der Waals surface area contributed by atoms with Crippen LogP contribution in [-0.4, -0.2) is 43.3 Å². The molecule has 0 amide bonds. The predicted molar refractivity (Wildman–Crippen MR) is 119 cm³/mol. The van der Waals surface area contributed by atoms with Gasteiger partial charge in [0.15, 0.2) is 17.8 Å². The van der Waals surface area contributed by atoms with E-state index in [1.54, 1.807) is 20.4 Å². The van der Waals surface area contributed by atoms with Gasteiger partial charge in [-0.1, -0.05) is 35.3 Å². The van der Waals surface area contributed by atoms with Crippen molar-refractivity contribution in [2.45, 2.75) is 24.9 Å². The van der Waals surface area contributed by atoms with E-state index in [2.05, 4.69) is 4.98 Å². The van der Waals surface area contributed by atoms with Crippen molar-refractivity contribution in [3.63, 3.8) is 0 Å². The third kappa shape index (κ3) is 3.84. The van der Waals surface area contributed by atoms with E-state index in [1.807, 2.05) is 41.0 Å². The van der Waals surface area contributed by atoms with Crippen LogP contribution >= 0.6 is 23.2 Å². The summed E-state index contributed by atoms with van der Waals surface area (Å²) in [6.45, 7) is 1.10. The van der Waals surface area contributed by atoms with Gasteiger partial charge in [0, 0.05) is 28.8 Å². The summed E-state index contributed by atoms with van der Waals surface area (Å²) in [6, 6.07) is 11.4. The Morgan fingerprint density at radius 1 is 1.06 bits per heavy atom. The van der Waals surface area contributed by atoms with Gasteiger partial charge in [0.1, 0.15) is 23.2 Å². The highest BCUT2D eigenvalue weighted by molar-refractivity contribution is 6.30. The number of aromatic nitrogens is 2. The minimum Gasteiger partial charge on any atom is -0.493 e. The van der Waals surface area contributed by atoms with Gasteiger partial charge in [-0.3, -0.25) is 4.57 Å². The maximum absolute atomic E-state index is 6.73. The van der Waals surface area contributed by atoms with E-state index < -0.39 is 12.2 Å². The van der Waals surface area contributed by atoms with Crippen LogP contribution in [0.15, 0.2) is 42.6 Å². The molecule has 0 spiro atoms. The van der Waals surface area contributed by atoms with Crippen molar-refractivity contribution in [3.8, 4) is 17.2 Å². The molecular weight excluding hydrogens is 455 g/mol. The van der Waals surface area contributed by atoms with Crippen LogP contribution in [0, 0.1) is 0 Å². The van der Waals surface area contributed by atoms with Crippen LogP contribution in [0.2, 0.25) is 10.2 Å². The van der Waals surface area contributed by atoms with Gasteiger partial charge in [0.25, 0.3) is 0 Å². The smallest absolute Gasteiger partial charge is 0.166 e. The van der Waals surface area contributed by atoms with Crippen LogP contribution in [0.3, 0.4) is 0 Å². The molecule has 1 fully saturated rings. The average Bonchev–Trinajstić information content (AvgIpc) is 3.43. The highest BCUT2D eigenvalue weighted by Gasteiger charge is 2.36. The van der Waals surface area contributed by atoms with Crippen LogP contribution < -0.4 is 9.47 Å². The Hall–Kier alpha value is -2.29. The lowest BCUT2D eigenvalue weighted by atomic mass is 9.98. The number of hydrogen-bond donors (Lipinski definition) is 0. The Balaban J connectivity index is 1.69. The van der Waals surface area contributed by atoms with Crippen molar-refractivity contribution in [2.24, 2.45) is 0 Å². The van der Waals surface area contributed by atoms with Gasteiger partial charge in [-0.05, 0) is 24.3 Å². The minimum atomic E-state index is -0.513. The fraction of sp³-hybridized carbons (Fsp3) is 0.348. The maximum atomic E-state index is 6.73. The molecule has 168 valence electrons. The van der Waals surface area contributed by atoms with E-state index in [4.69, 9.17) is 46.9 Å². The highest BCUT2D eigenvalue weighted by atomic mass is 35.5. The number of para-hydroxylation sites is 1. The second-order valence-corrected chi connectivity index (χ2v) is 8.31. The summed E-state index contributed by atoms with van der Waals surface area (Å²) in [4.78, 5) is 4.56. The summed E-state index contributed by atoms with van der Waals surface area (Å²) in [6.07, 6.45) is 0.874. The number of ether oxygens (including phenoxy) is 5. The Kier molecular flexibility index (Phi) is 6.01. The Morgan fingerprint density at radius 3 is 2.62 bits per heavy atom. The molecule has 32 heavy (non-hydrogen) atoms. The molecule has 0 N–H and O–H groups in total.